The van der Waals surface area contributed by atoms with Gasteiger partial charge in [-0.25, -0.2) is 9.97 Å². The third kappa shape index (κ3) is 2.37. The van der Waals surface area contributed by atoms with Crippen LogP contribution in [0.25, 0.3) is 0 Å². The Bertz CT molecular complexity index is 470. The normalized spacial score (nSPS) is 24.1. The standard InChI is InChI=1S/C10H13ClN4O3/c1-6-4-18-7(2)3-14(6)10-8(15(16)17)9(11)12-5-13-10/h5-7H,3-4H2,1-2H3. The predicted molar refractivity (Wildman–Crippen MR) is 65.9 cm³/mol. The molecule has 1 aromatic rings. The van der Waals surface area contributed by atoms with Gasteiger partial charge in [0.05, 0.1) is 23.7 Å². The van der Waals surface area contributed by atoms with E-state index in [0.717, 1.165) is 0 Å². The Morgan fingerprint density at radius 2 is 2.28 bits per heavy atom. The van der Waals surface area contributed by atoms with Gasteiger partial charge in [-0.2, -0.15) is 0 Å². The summed E-state index contributed by atoms with van der Waals surface area (Å²) in [5, 5.41) is 10.9. The van der Waals surface area contributed by atoms with E-state index in [1.165, 1.54) is 6.33 Å². The zero-order valence-electron chi connectivity index (χ0n) is 10.0. The van der Waals surface area contributed by atoms with Crippen LogP contribution in [0.15, 0.2) is 6.33 Å². The molecule has 0 spiro atoms. The molecule has 1 aliphatic heterocycles. The maximum Gasteiger partial charge on any atom is 0.348 e. The smallest absolute Gasteiger partial charge is 0.348 e. The molecule has 0 aromatic carbocycles. The van der Waals surface area contributed by atoms with Crippen LogP contribution in [0.5, 0.6) is 0 Å². The Labute approximate surface area is 109 Å². The number of rotatable bonds is 2. The molecule has 1 saturated heterocycles. The fourth-order valence-corrected chi connectivity index (χ4v) is 2.11. The Balaban J connectivity index is 2.43. The highest BCUT2D eigenvalue weighted by atomic mass is 35.5. The summed E-state index contributed by atoms with van der Waals surface area (Å²) in [5.74, 6) is 0.252. The highest BCUT2D eigenvalue weighted by Crippen LogP contribution is 2.33. The van der Waals surface area contributed by atoms with Crippen LogP contribution in [0.2, 0.25) is 5.15 Å². The molecule has 2 atom stereocenters. The highest BCUT2D eigenvalue weighted by molar-refractivity contribution is 6.31. The van der Waals surface area contributed by atoms with Gasteiger partial charge in [0.2, 0.25) is 11.0 Å². The second-order valence-electron chi connectivity index (χ2n) is 4.24. The van der Waals surface area contributed by atoms with Crippen LogP contribution in [0.3, 0.4) is 0 Å². The van der Waals surface area contributed by atoms with Crippen LogP contribution in [0.1, 0.15) is 13.8 Å². The van der Waals surface area contributed by atoms with Crippen molar-refractivity contribution in [1.82, 2.24) is 9.97 Å². The number of nitrogens with zero attached hydrogens (tertiary/aromatic N) is 4. The summed E-state index contributed by atoms with van der Waals surface area (Å²) in [4.78, 5) is 20.0. The van der Waals surface area contributed by atoms with Crippen LogP contribution < -0.4 is 4.90 Å². The number of hydrogen-bond donors (Lipinski definition) is 0. The van der Waals surface area contributed by atoms with Crippen molar-refractivity contribution >= 4 is 23.1 Å². The van der Waals surface area contributed by atoms with Gasteiger partial charge in [-0.05, 0) is 13.8 Å². The van der Waals surface area contributed by atoms with Gasteiger partial charge < -0.3 is 9.64 Å². The largest absolute Gasteiger partial charge is 0.375 e. The number of morpholine rings is 1. The molecule has 0 N–H and O–H groups in total. The van der Waals surface area contributed by atoms with E-state index >= 15 is 0 Å². The molecule has 0 amide bonds. The Hall–Kier alpha value is -1.47. The van der Waals surface area contributed by atoms with Gasteiger partial charge in [0.1, 0.15) is 6.33 Å². The summed E-state index contributed by atoms with van der Waals surface area (Å²) in [6.07, 6.45) is 1.23. The fraction of sp³-hybridized carbons (Fsp3) is 0.600. The molecule has 0 bridgehead atoms. The van der Waals surface area contributed by atoms with Gasteiger partial charge in [0, 0.05) is 6.54 Å². The molecule has 2 unspecified atom stereocenters. The van der Waals surface area contributed by atoms with Crippen LogP contribution >= 0.6 is 11.6 Å². The number of anilines is 1. The maximum atomic E-state index is 11.1. The van der Waals surface area contributed by atoms with Crippen LogP contribution in [-0.2, 0) is 4.74 Å². The molecular weight excluding hydrogens is 260 g/mol. The first-order valence-corrected chi connectivity index (χ1v) is 5.91. The van der Waals surface area contributed by atoms with E-state index in [0.29, 0.717) is 13.2 Å². The van der Waals surface area contributed by atoms with Gasteiger partial charge in [0.25, 0.3) is 0 Å². The fourth-order valence-electron chi connectivity index (χ4n) is 1.91. The first kappa shape index (κ1) is 13.0. The minimum absolute atomic E-state index is 0.00505. The molecular formula is C10H13ClN4O3. The average molecular weight is 273 g/mol. The van der Waals surface area contributed by atoms with E-state index in [1.807, 2.05) is 18.7 Å². The molecule has 98 valence electrons. The number of hydrogen-bond acceptors (Lipinski definition) is 6. The van der Waals surface area contributed by atoms with Gasteiger partial charge >= 0.3 is 5.69 Å². The molecule has 0 radical (unpaired) electrons. The first-order chi connectivity index (χ1) is 8.50. The minimum atomic E-state index is -0.551. The lowest BCUT2D eigenvalue weighted by molar-refractivity contribution is -0.384. The Morgan fingerprint density at radius 1 is 1.56 bits per heavy atom. The maximum absolute atomic E-state index is 11.1. The monoisotopic (exact) mass is 272 g/mol. The summed E-state index contributed by atoms with van der Waals surface area (Å²) in [6.45, 7) is 4.87. The molecule has 8 heteroatoms. The van der Waals surface area contributed by atoms with Gasteiger partial charge in [0.15, 0.2) is 0 Å². The highest BCUT2D eigenvalue weighted by Gasteiger charge is 2.32. The van der Waals surface area contributed by atoms with Crippen LogP contribution in [0.4, 0.5) is 11.5 Å². The van der Waals surface area contributed by atoms with Gasteiger partial charge in [-0.15, -0.1) is 0 Å². The molecule has 2 rings (SSSR count). The number of halogens is 1. The lowest BCUT2D eigenvalue weighted by atomic mass is 10.2. The van der Waals surface area contributed by atoms with Crippen LogP contribution in [-0.4, -0.2) is 40.2 Å². The Kier molecular flexibility index (Phi) is 3.63. The van der Waals surface area contributed by atoms with E-state index in [9.17, 15) is 10.1 Å². The lowest BCUT2D eigenvalue weighted by Crippen LogP contribution is -2.48. The van der Waals surface area contributed by atoms with Crippen molar-refractivity contribution in [3.05, 3.63) is 21.6 Å². The summed E-state index contributed by atoms with van der Waals surface area (Å²) in [6, 6.07) is 0.00543. The summed E-state index contributed by atoms with van der Waals surface area (Å²) < 4.78 is 5.48. The number of nitro groups is 1. The SMILES string of the molecule is CC1CN(c2ncnc(Cl)c2[N+](=O)[O-])C(C)CO1. The zero-order valence-corrected chi connectivity index (χ0v) is 10.8. The van der Waals surface area contributed by atoms with Crippen molar-refractivity contribution in [3.8, 4) is 0 Å². The molecule has 1 fully saturated rings. The first-order valence-electron chi connectivity index (χ1n) is 5.53. The van der Waals surface area contributed by atoms with E-state index in [2.05, 4.69) is 9.97 Å². The van der Waals surface area contributed by atoms with Gasteiger partial charge in [-0.1, -0.05) is 11.6 Å². The van der Waals surface area contributed by atoms with Crippen molar-refractivity contribution in [3.63, 3.8) is 0 Å². The summed E-state index contributed by atoms with van der Waals surface area (Å²) >= 11 is 5.78. The van der Waals surface area contributed by atoms with E-state index in [1.54, 1.807) is 0 Å². The van der Waals surface area contributed by atoms with Crippen molar-refractivity contribution in [2.75, 3.05) is 18.1 Å². The second-order valence-corrected chi connectivity index (χ2v) is 4.60. The van der Waals surface area contributed by atoms with E-state index < -0.39 is 4.92 Å². The summed E-state index contributed by atoms with van der Waals surface area (Å²) in [5.41, 5.74) is -0.250. The van der Waals surface area contributed by atoms with Crippen molar-refractivity contribution in [2.24, 2.45) is 0 Å². The molecule has 0 aliphatic carbocycles. The average Bonchev–Trinajstić information content (AvgIpc) is 2.31. The van der Waals surface area contributed by atoms with Crippen molar-refractivity contribution < 1.29 is 9.66 Å². The minimum Gasteiger partial charge on any atom is -0.375 e. The second kappa shape index (κ2) is 5.03. The third-order valence-corrected chi connectivity index (χ3v) is 3.10. The molecule has 18 heavy (non-hydrogen) atoms. The molecule has 2 heterocycles. The summed E-state index contributed by atoms with van der Waals surface area (Å²) in [7, 11) is 0. The predicted octanol–water partition coefficient (Wildman–Crippen LogP) is 1.65. The lowest BCUT2D eigenvalue weighted by Gasteiger charge is -2.37. The van der Waals surface area contributed by atoms with Crippen LogP contribution in [0, 0.1) is 10.1 Å². The number of aromatic nitrogens is 2. The van der Waals surface area contributed by atoms with E-state index in [4.69, 9.17) is 16.3 Å². The van der Waals surface area contributed by atoms with Gasteiger partial charge in [-0.3, -0.25) is 10.1 Å². The third-order valence-electron chi connectivity index (χ3n) is 2.82. The zero-order chi connectivity index (χ0) is 13.3. The van der Waals surface area contributed by atoms with Crippen molar-refractivity contribution in [1.29, 1.82) is 0 Å². The van der Waals surface area contributed by atoms with Crippen molar-refractivity contribution in [2.45, 2.75) is 26.0 Å². The quantitative estimate of drug-likeness (QED) is 0.463. The topological polar surface area (TPSA) is 81.4 Å². The Morgan fingerprint density at radius 3 is 2.94 bits per heavy atom. The molecule has 1 aromatic heterocycles. The molecule has 7 nitrogen and oxygen atoms in total. The molecule has 0 saturated carbocycles. The van der Waals surface area contributed by atoms with E-state index in [-0.39, 0.29) is 28.8 Å². The molecule has 1 aliphatic rings. The number of ether oxygens (including phenoxy) is 1.